The van der Waals surface area contributed by atoms with E-state index in [-0.39, 0.29) is 18.0 Å². The zero-order chi connectivity index (χ0) is 15.7. The fraction of sp³-hybridized carbons (Fsp3) is 0.500. The summed E-state index contributed by atoms with van der Waals surface area (Å²) in [6.07, 6.45) is 0.597. The van der Waals surface area contributed by atoms with Crippen molar-refractivity contribution in [3.05, 3.63) is 35.9 Å². The molecule has 0 saturated carbocycles. The first kappa shape index (κ1) is 17.2. The number of carbonyl (C=O) groups excluding carboxylic acids is 2. The molecule has 116 valence electrons. The molecule has 21 heavy (non-hydrogen) atoms. The van der Waals surface area contributed by atoms with Crippen LogP contribution in [-0.4, -0.2) is 43.6 Å². The lowest BCUT2D eigenvalue weighted by atomic mass is 10.1. The van der Waals surface area contributed by atoms with Crippen LogP contribution >= 0.6 is 0 Å². The van der Waals surface area contributed by atoms with E-state index >= 15 is 0 Å². The highest BCUT2D eigenvalue weighted by Crippen LogP contribution is 2.12. The molecular weight excluding hydrogens is 270 g/mol. The van der Waals surface area contributed by atoms with E-state index in [2.05, 4.69) is 9.64 Å². The highest BCUT2D eigenvalue weighted by Gasteiger charge is 2.19. The van der Waals surface area contributed by atoms with E-state index in [9.17, 15) is 9.59 Å². The maximum absolute atomic E-state index is 11.4. The first-order valence-electron chi connectivity index (χ1n) is 6.98. The smallest absolute Gasteiger partial charge is 0.307 e. The monoisotopic (exact) mass is 293 g/mol. The van der Waals surface area contributed by atoms with Crippen LogP contribution in [0.3, 0.4) is 0 Å². The Balaban J connectivity index is 2.68. The molecule has 0 unspecified atom stereocenters. The Morgan fingerprint density at radius 1 is 1.10 bits per heavy atom. The van der Waals surface area contributed by atoms with Crippen LogP contribution in [0, 0.1) is 0 Å². The number of carbonyl (C=O) groups is 2. The van der Waals surface area contributed by atoms with Gasteiger partial charge < -0.3 is 9.47 Å². The third kappa shape index (κ3) is 6.40. The largest absolute Gasteiger partial charge is 0.469 e. The first-order valence-corrected chi connectivity index (χ1v) is 6.98. The number of methoxy groups -OCH3 is 2. The third-order valence-corrected chi connectivity index (χ3v) is 3.37. The summed E-state index contributed by atoms with van der Waals surface area (Å²) < 4.78 is 9.39. The van der Waals surface area contributed by atoms with E-state index in [1.165, 1.54) is 14.2 Å². The lowest BCUT2D eigenvalue weighted by molar-refractivity contribution is -0.142. The maximum atomic E-state index is 11.4. The van der Waals surface area contributed by atoms with Gasteiger partial charge in [0.1, 0.15) is 0 Å². The van der Waals surface area contributed by atoms with Gasteiger partial charge in [0.25, 0.3) is 0 Å². The van der Waals surface area contributed by atoms with Crippen LogP contribution in [0.5, 0.6) is 0 Å². The molecule has 0 fully saturated rings. The summed E-state index contributed by atoms with van der Waals surface area (Å²) in [5.74, 6) is -0.503. The predicted octanol–water partition coefficient (Wildman–Crippen LogP) is 2.00. The van der Waals surface area contributed by atoms with E-state index < -0.39 is 0 Å². The summed E-state index contributed by atoms with van der Waals surface area (Å²) in [7, 11) is 2.76. The van der Waals surface area contributed by atoms with Gasteiger partial charge in [-0.2, -0.15) is 0 Å². The molecular formula is C16H23NO4. The second-order valence-corrected chi connectivity index (χ2v) is 4.91. The van der Waals surface area contributed by atoms with E-state index in [0.717, 1.165) is 5.56 Å². The molecule has 5 nitrogen and oxygen atoms in total. The quantitative estimate of drug-likeness (QED) is 0.686. The number of nitrogens with zero attached hydrogens (tertiary/aromatic N) is 1. The minimum absolute atomic E-state index is 0.0117. The standard InChI is InChI=1S/C16H23NO4/c1-13(11-16(19)21-3)17(10-9-15(18)20-2)12-14-7-5-4-6-8-14/h4-8,13H,9-12H2,1-3H3/t13-/m1/s1. The Kier molecular flexibility index (Phi) is 7.46. The van der Waals surface area contributed by atoms with Crippen molar-refractivity contribution in [2.45, 2.75) is 32.4 Å². The van der Waals surface area contributed by atoms with Crippen LogP contribution in [-0.2, 0) is 25.6 Å². The Morgan fingerprint density at radius 2 is 1.71 bits per heavy atom. The van der Waals surface area contributed by atoms with Gasteiger partial charge in [0.15, 0.2) is 0 Å². The second kappa shape index (κ2) is 9.13. The minimum Gasteiger partial charge on any atom is -0.469 e. The molecule has 0 bridgehead atoms. The fourth-order valence-corrected chi connectivity index (χ4v) is 2.06. The van der Waals surface area contributed by atoms with Crippen molar-refractivity contribution in [3.8, 4) is 0 Å². The molecule has 1 aromatic carbocycles. The molecule has 0 saturated heterocycles. The SMILES string of the molecule is COC(=O)CCN(Cc1ccccc1)[C@H](C)CC(=O)OC. The van der Waals surface area contributed by atoms with Crippen molar-refractivity contribution < 1.29 is 19.1 Å². The average Bonchev–Trinajstić information content (AvgIpc) is 2.51. The van der Waals surface area contributed by atoms with Gasteiger partial charge >= 0.3 is 11.9 Å². The number of esters is 2. The third-order valence-electron chi connectivity index (χ3n) is 3.37. The van der Waals surface area contributed by atoms with Crippen molar-refractivity contribution in [2.75, 3.05) is 20.8 Å². The Labute approximate surface area is 125 Å². The van der Waals surface area contributed by atoms with Crippen molar-refractivity contribution in [3.63, 3.8) is 0 Å². The van der Waals surface area contributed by atoms with Crippen molar-refractivity contribution in [1.82, 2.24) is 4.90 Å². The molecule has 0 aliphatic rings. The summed E-state index contributed by atoms with van der Waals surface area (Å²) in [5, 5.41) is 0. The van der Waals surface area contributed by atoms with Crippen molar-refractivity contribution >= 4 is 11.9 Å². The van der Waals surface area contributed by atoms with Gasteiger partial charge in [-0.05, 0) is 12.5 Å². The highest BCUT2D eigenvalue weighted by atomic mass is 16.5. The number of ether oxygens (including phenoxy) is 2. The molecule has 0 aliphatic carbocycles. The van der Waals surface area contributed by atoms with Crippen LogP contribution in [0.25, 0.3) is 0 Å². The summed E-state index contributed by atoms with van der Waals surface area (Å²) in [6.45, 7) is 3.17. The number of rotatable bonds is 8. The van der Waals surface area contributed by atoms with Crippen LogP contribution in [0.1, 0.15) is 25.3 Å². The van der Waals surface area contributed by atoms with Gasteiger partial charge in [0, 0.05) is 19.1 Å². The minimum atomic E-state index is -0.252. The topological polar surface area (TPSA) is 55.8 Å². The van der Waals surface area contributed by atoms with E-state index in [1.807, 2.05) is 37.3 Å². The normalized spacial score (nSPS) is 12.0. The first-order chi connectivity index (χ1) is 10.1. The summed E-state index contributed by atoms with van der Waals surface area (Å²) >= 11 is 0. The number of hydrogen-bond donors (Lipinski definition) is 0. The second-order valence-electron chi connectivity index (χ2n) is 4.91. The summed E-state index contributed by atoms with van der Waals surface area (Å²) in [5.41, 5.74) is 1.14. The van der Waals surface area contributed by atoms with Gasteiger partial charge in [-0.3, -0.25) is 14.5 Å². The van der Waals surface area contributed by atoms with Crippen LogP contribution < -0.4 is 0 Å². The maximum Gasteiger partial charge on any atom is 0.307 e. The lowest BCUT2D eigenvalue weighted by Crippen LogP contribution is -2.36. The van der Waals surface area contributed by atoms with Crippen molar-refractivity contribution in [1.29, 1.82) is 0 Å². The molecule has 5 heteroatoms. The van der Waals surface area contributed by atoms with Gasteiger partial charge in [-0.25, -0.2) is 0 Å². The molecule has 0 aliphatic heterocycles. The fourth-order valence-electron chi connectivity index (χ4n) is 2.06. The van der Waals surface area contributed by atoms with Gasteiger partial charge in [-0.1, -0.05) is 30.3 Å². The predicted molar refractivity (Wildman–Crippen MR) is 79.6 cm³/mol. The average molecular weight is 293 g/mol. The molecule has 1 atom stereocenters. The molecule has 0 radical (unpaired) electrons. The molecule has 0 amide bonds. The van der Waals surface area contributed by atoms with E-state index in [4.69, 9.17) is 4.74 Å². The zero-order valence-corrected chi connectivity index (χ0v) is 12.9. The van der Waals surface area contributed by atoms with Crippen molar-refractivity contribution in [2.24, 2.45) is 0 Å². The van der Waals surface area contributed by atoms with Crippen LogP contribution in [0.15, 0.2) is 30.3 Å². The highest BCUT2D eigenvalue weighted by molar-refractivity contribution is 5.70. The van der Waals surface area contributed by atoms with E-state index in [0.29, 0.717) is 25.9 Å². The molecule has 1 aromatic rings. The number of benzene rings is 1. The summed E-state index contributed by atoms with van der Waals surface area (Å²) in [4.78, 5) is 24.8. The Morgan fingerprint density at radius 3 is 2.29 bits per heavy atom. The van der Waals surface area contributed by atoms with E-state index in [1.54, 1.807) is 0 Å². The van der Waals surface area contributed by atoms with Crippen LogP contribution in [0.4, 0.5) is 0 Å². The number of hydrogen-bond acceptors (Lipinski definition) is 5. The molecule has 0 heterocycles. The Hall–Kier alpha value is -1.88. The molecule has 0 N–H and O–H groups in total. The Bertz CT molecular complexity index is 447. The lowest BCUT2D eigenvalue weighted by Gasteiger charge is -2.28. The molecule has 1 rings (SSSR count). The van der Waals surface area contributed by atoms with Crippen LogP contribution in [0.2, 0.25) is 0 Å². The van der Waals surface area contributed by atoms with Gasteiger partial charge in [0.2, 0.25) is 0 Å². The van der Waals surface area contributed by atoms with Gasteiger partial charge in [-0.15, -0.1) is 0 Å². The zero-order valence-electron chi connectivity index (χ0n) is 12.9. The molecule has 0 spiro atoms. The summed E-state index contributed by atoms with van der Waals surface area (Å²) in [6, 6.07) is 9.94. The molecule has 0 aromatic heterocycles. The van der Waals surface area contributed by atoms with Gasteiger partial charge in [0.05, 0.1) is 27.1 Å².